The Balaban J connectivity index is 1.98. The Hall–Kier alpha value is -0.540. The van der Waals surface area contributed by atoms with Gasteiger partial charge in [-0.2, -0.15) is 0 Å². The van der Waals surface area contributed by atoms with Crippen LogP contribution in [-0.2, 0) is 6.42 Å². The van der Waals surface area contributed by atoms with Gasteiger partial charge in [-0.15, -0.1) is 0 Å². The summed E-state index contributed by atoms with van der Waals surface area (Å²) in [6.45, 7) is 6.56. The van der Waals surface area contributed by atoms with Crippen molar-refractivity contribution in [3.8, 4) is 0 Å². The lowest BCUT2D eigenvalue weighted by Gasteiger charge is -2.27. The molecular formula is C13H19BrN2. The first kappa shape index (κ1) is 11.9. The number of fused-ring (bicyclic) bond motifs is 1. The van der Waals surface area contributed by atoms with Crippen molar-refractivity contribution in [3.05, 3.63) is 28.2 Å². The number of nitrogens with one attached hydrogen (secondary N) is 2. The van der Waals surface area contributed by atoms with Crippen molar-refractivity contribution in [1.29, 1.82) is 0 Å². The number of anilines is 1. The van der Waals surface area contributed by atoms with Gasteiger partial charge in [0.1, 0.15) is 0 Å². The van der Waals surface area contributed by atoms with Gasteiger partial charge in [-0.3, -0.25) is 0 Å². The van der Waals surface area contributed by atoms with Gasteiger partial charge in [0, 0.05) is 29.3 Å². The second kappa shape index (κ2) is 5.19. The minimum atomic E-state index is 0.575. The highest BCUT2D eigenvalue weighted by Crippen LogP contribution is 2.27. The molecule has 3 heteroatoms. The van der Waals surface area contributed by atoms with Gasteiger partial charge in [0.25, 0.3) is 0 Å². The van der Waals surface area contributed by atoms with Gasteiger partial charge < -0.3 is 10.6 Å². The van der Waals surface area contributed by atoms with E-state index in [1.54, 1.807) is 0 Å². The Labute approximate surface area is 106 Å². The Morgan fingerprint density at radius 1 is 1.50 bits per heavy atom. The van der Waals surface area contributed by atoms with Crippen LogP contribution in [0.2, 0.25) is 0 Å². The molecule has 1 heterocycles. The lowest BCUT2D eigenvalue weighted by atomic mass is 9.94. The maximum Gasteiger partial charge on any atom is 0.0384 e. The minimum Gasteiger partial charge on any atom is -0.384 e. The average molecular weight is 283 g/mol. The number of rotatable bonds is 3. The van der Waals surface area contributed by atoms with Crippen molar-refractivity contribution in [1.82, 2.24) is 5.32 Å². The highest BCUT2D eigenvalue weighted by molar-refractivity contribution is 9.10. The third kappa shape index (κ3) is 2.98. The van der Waals surface area contributed by atoms with Crippen molar-refractivity contribution in [2.75, 3.05) is 18.4 Å². The smallest absolute Gasteiger partial charge is 0.0384 e. The van der Waals surface area contributed by atoms with Gasteiger partial charge >= 0.3 is 0 Å². The topological polar surface area (TPSA) is 24.1 Å². The molecule has 0 spiro atoms. The van der Waals surface area contributed by atoms with E-state index in [-0.39, 0.29) is 0 Å². The summed E-state index contributed by atoms with van der Waals surface area (Å²) in [5, 5.41) is 7.02. The molecule has 88 valence electrons. The summed E-state index contributed by atoms with van der Waals surface area (Å²) in [4.78, 5) is 0. The Kier molecular flexibility index (Phi) is 3.87. The van der Waals surface area contributed by atoms with Crippen LogP contribution in [0.3, 0.4) is 0 Å². The van der Waals surface area contributed by atoms with Gasteiger partial charge in [-0.25, -0.2) is 0 Å². The summed E-state index contributed by atoms with van der Waals surface area (Å²) in [5.41, 5.74) is 2.72. The van der Waals surface area contributed by atoms with Crippen LogP contribution in [0.15, 0.2) is 22.7 Å². The molecule has 1 aromatic rings. The van der Waals surface area contributed by atoms with Gasteiger partial charge in [0.05, 0.1) is 0 Å². The van der Waals surface area contributed by atoms with Gasteiger partial charge in [0.2, 0.25) is 0 Å². The molecular weight excluding hydrogens is 264 g/mol. The van der Waals surface area contributed by atoms with Crippen LogP contribution in [-0.4, -0.2) is 19.1 Å². The second-order valence-electron chi connectivity index (χ2n) is 4.82. The first-order chi connectivity index (χ1) is 7.65. The van der Waals surface area contributed by atoms with E-state index in [1.807, 2.05) is 0 Å². The fourth-order valence-electron chi connectivity index (χ4n) is 2.08. The van der Waals surface area contributed by atoms with E-state index in [0.717, 1.165) is 17.6 Å². The van der Waals surface area contributed by atoms with Crippen molar-refractivity contribution in [3.63, 3.8) is 0 Å². The molecule has 0 radical (unpaired) electrons. The molecule has 1 aromatic carbocycles. The first-order valence-corrected chi connectivity index (χ1v) is 6.70. The van der Waals surface area contributed by atoms with E-state index < -0.39 is 0 Å². The minimum absolute atomic E-state index is 0.575. The highest BCUT2D eigenvalue weighted by atomic mass is 79.9. The molecule has 0 bridgehead atoms. The van der Waals surface area contributed by atoms with E-state index in [9.17, 15) is 0 Å². The molecule has 0 fully saturated rings. The Bertz CT molecular complexity index is 363. The molecule has 0 saturated heterocycles. The maximum atomic E-state index is 3.51. The zero-order valence-corrected chi connectivity index (χ0v) is 11.5. The summed E-state index contributed by atoms with van der Waals surface area (Å²) in [6.07, 6.45) is 1.18. The fourth-order valence-corrected chi connectivity index (χ4v) is 2.44. The normalized spacial score (nSPS) is 19.4. The summed E-state index contributed by atoms with van der Waals surface area (Å²) >= 11 is 3.50. The molecule has 1 atom stereocenters. The molecule has 0 aromatic heterocycles. The van der Waals surface area contributed by atoms with E-state index in [0.29, 0.717) is 12.0 Å². The SMILES string of the molecule is CC(C)NCC1CNc2cc(Br)ccc2C1. The summed E-state index contributed by atoms with van der Waals surface area (Å²) in [5.74, 6) is 0.705. The zero-order chi connectivity index (χ0) is 11.5. The molecule has 1 aliphatic heterocycles. The largest absolute Gasteiger partial charge is 0.384 e. The Morgan fingerprint density at radius 3 is 3.06 bits per heavy atom. The van der Waals surface area contributed by atoms with Crippen molar-refractivity contribution in [2.24, 2.45) is 5.92 Å². The van der Waals surface area contributed by atoms with E-state index in [4.69, 9.17) is 0 Å². The van der Waals surface area contributed by atoms with Crippen LogP contribution in [0.25, 0.3) is 0 Å². The average Bonchev–Trinajstić information content (AvgIpc) is 2.26. The molecule has 0 amide bonds. The summed E-state index contributed by atoms with van der Waals surface area (Å²) in [6, 6.07) is 7.08. The van der Waals surface area contributed by atoms with Crippen LogP contribution in [0.5, 0.6) is 0 Å². The first-order valence-electron chi connectivity index (χ1n) is 5.91. The molecule has 1 unspecified atom stereocenters. The highest BCUT2D eigenvalue weighted by Gasteiger charge is 2.17. The van der Waals surface area contributed by atoms with E-state index >= 15 is 0 Å². The molecule has 2 nitrogen and oxygen atoms in total. The van der Waals surface area contributed by atoms with Crippen LogP contribution in [0, 0.1) is 5.92 Å². The number of hydrogen-bond donors (Lipinski definition) is 2. The number of halogens is 1. The van der Waals surface area contributed by atoms with Gasteiger partial charge in [0.15, 0.2) is 0 Å². The maximum absolute atomic E-state index is 3.51. The van der Waals surface area contributed by atoms with Crippen LogP contribution in [0.4, 0.5) is 5.69 Å². The number of hydrogen-bond acceptors (Lipinski definition) is 2. The third-order valence-corrected chi connectivity index (χ3v) is 3.47. The molecule has 1 aliphatic rings. The molecule has 0 aliphatic carbocycles. The van der Waals surface area contributed by atoms with Crippen LogP contribution >= 0.6 is 15.9 Å². The standard InChI is InChI=1S/C13H19BrN2/c1-9(2)15-7-10-5-11-3-4-12(14)6-13(11)16-8-10/h3-4,6,9-10,15-16H,5,7-8H2,1-2H3. The molecule has 0 saturated carbocycles. The lowest BCUT2D eigenvalue weighted by molar-refractivity contribution is 0.455. The van der Waals surface area contributed by atoms with Crippen LogP contribution < -0.4 is 10.6 Å². The summed E-state index contributed by atoms with van der Waals surface area (Å²) in [7, 11) is 0. The van der Waals surface area contributed by atoms with Crippen molar-refractivity contribution >= 4 is 21.6 Å². The van der Waals surface area contributed by atoms with Gasteiger partial charge in [-0.05, 0) is 30.0 Å². The van der Waals surface area contributed by atoms with E-state index in [2.05, 4.69) is 58.6 Å². The quantitative estimate of drug-likeness (QED) is 0.891. The lowest BCUT2D eigenvalue weighted by Crippen LogP contribution is -2.35. The van der Waals surface area contributed by atoms with E-state index in [1.165, 1.54) is 17.7 Å². The van der Waals surface area contributed by atoms with Gasteiger partial charge in [-0.1, -0.05) is 35.8 Å². The van der Waals surface area contributed by atoms with Crippen LogP contribution in [0.1, 0.15) is 19.4 Å². The number of benzene rings is 1. The predicted molar refractivity (Wildman–Crippen MR) is 73.0 cm³/mol. The second-order valence-corrected chi connectivity index (χ2v) is 5.73. The predicted octanol–water partition coefficient (Wildman–Crippen LogP) is 3.03. The molecule has 2 rings (SSSR count). The zero-order valence-electron chi connectivity index (χ0n) is 9.89. The molecule has 16 heavy (non-hydrogen) atoms. The Morgan fingerprint density at radius 2 is 2.31 bits per heavy atom. The monoisotopic (exact) mass is 282 g/mol. The molecule has 2 N–H and O–H groups in total. The van der Waals surface area contributed by atoms with Crippen molar-refractivity contribution < 1.29 is 0 Å². The summed E-state index contributed by atoms with van der Waals surface area (Å²) < 4.78 is 1.15. The fraction of sp³-hybridized carbons (Fsp3) is 0.538. The van der Waals surface area contributed by atoms with Crippen molar-refractivity contribution in [2.45, 2.75) is 26.3 Å². The third-order valence-electron chi connectivity index (χ3n) is 2.98.